The van der Waals surface area contributed by atoms with Crippen molar-refractivity contribution in [3.8, 4) is 0 Å². The van der Waals surface area contributed by atoms with Crippen LogP contribution in [0, 0.1) is 13.8 Å². The molecule has 0 spiro atoms. The average molecular weight is 218 g/mol. The number of likely N-dealkylation sites (N-methyl/N-ethyl adjacent to an activating group) is 1. The summed E-state index contributed by atoms with van der Waals surface area (Å²) in [4.78, 5) is 2.46. The van der Waals surface area contributed by atoms with Gasteiger partial charge in [-0.1, -0.05) is 18.2 Å². The highest BCUT2D eigenvalue weighted by atomic mass is 15.2. The van der Waals surface area contributed by atoms with Gasteiger partial charge in [0.25, 0.3) is 0 Å². The van der Waals surface area contributed by atoms with Gasteiger partial charge < -0.3 is 5.32 Å². The number of rotatable bonds is 3. The van der Waals surface area contributed by atoms with Crippen LogP contribution in [0.15, 0.2) is 18.2 Å². The molecule has 1 aliphatic heterocycles. The topological polar surface area (TPSA) is 15.3 Å². The van der Waals surface area contributed by atoms with E-state index in [0.717, 1.165) is 13.1 Å². The first-order valence-corrected chi connectivity index (χ1v) is 6.14. The Labute approximate surface area is 98.7 Å². The normalized spacial score (nSPS) is 20.6. The van der Waals surface area contributed by atoms with Gasteiger partial charge in [-0.25, -0.2) is 0 Å². The molecule has 0 radical (unpaired) electrons. The Morgan fingerprint density at radius 1 is 1.31 bits per heavy atom. The highest BCUT2D eigenvalue weighted by Gasteiger charge is 2.18. The van der Waals surface area contributed by atoms with Crippen molar-refractivity contribution in [2.75, 3.05) is 20.1 Å². The zero-order chi connectivity index (χ0) is 11.5. The van der Waals surface area contributed by atoms with Crippen LogP contribution in [0.4, 0.5) is 0 Å². The molecular formula is C14H22N2. The number of nitrogens with one attached hydrogen (secondary N) is 1. The van der Waals surface area contributed by atoms with Crippen LogP contribution in [0.5, 0.6) is 0 Å². The van der Waals surface area contributed by atoms with Crippen molar-refractivity contribution in [2.45, 2.75) is 32.9 Å². The summed E-state index contributed by atoms with van der Waals surface area (Å²) in [7, 11) is 2.23. The molecule has 0 amide bonds. The largest absolute Gasteiger partial charge is 0.315 e. The van der Waals surface area contributed by atoms with Crippen LogP contribution in [0.1, 0.15) is 23.1 Å². The third kappa shape index (κ3) is 2.63. The minimum absolute atomic E-state index is 0.710. The Hall–Kier alpha value is -0.860. The van der Waals surface area contributed by atoms with Gasteiger partial charge in [-0.15, -0.1) is 0 Å². The molecule has 16 heavy (non-hydrogen) atoms. The fourth-order valence-electron chi connectivity index (χ4n) is 2.33. The van der Waals surface area contributed by atoms with E-state index in [0.29, 0.717) is 6.04 Å². The minimum atomic E-state index is 0.710. The van der Waals surface area contributed by atoms with Gasteiger partial charge >= 0.3 is 0 Å². The van der Waals surface area contributed by atoms with Crippen LogP contribution < -0.4 is 5.32 Å². The van der Waals surface area contributed by atoms with Crippen LogP contribution >= 0.6 is 0 Å². The zero-order valence-electron chi connectivity index (χ0n) is 10.6. The number of nitrogens with zero attached hydrogens (tertiary/aromatic N) is 1. The molecule has 2 nitrogen and oxygen atoms in total. The quantitative estimate of drug-likeness (QED) is 0.836. The van der Waals surface area contributed by atoms with Crippen LogP contribution in [0.2, 0.25) is 0 Å². The van der Waals surface area contributed by atoms with Gasteiger partial charge in [0, 0.05) is 19.1 Å². The number of aryl methyl sites for hydroxylation is 2. The second-order valence-electron chi connectivity index (χ2n) is 4.98. The fourth-order valence-corrected chi connectivity index (χ4v) is 2.33. The molecule has 1 aromatic rings. The van der Waals surface area contributed by atoms with Crippen LogP contribution in [0.25, 0.3) is 0 Å². The van der Waals surface area contributed by atoms with Gasteiger partial charge in [-0.05, 0) is 50.6 Å². The lowest BCUT2D eigenvalue weighted by molar-refractivity contribution is 0.249. The molecule has 88 valence electrons. The first-order valence-electron chi connectivity index (χ1n) is 6.14. The molecule has 1 heterocycles. The van der Waals surface area contributed by atoms with Crippen LogP contribution in [-0.2, 0) is 6.54 Å². The fraction of sp³-hybridized carbons (Fsp3) is 0.571. The first-order chi connectivity index (χ1) is 7.66. The maximum atomic E-state index is 3.42. The summed E-state index contributed by atoms with van der Waals surface area (Å²) in [6.45, 7) is 7.73. The predicted molar refractivity (Wildman–Crippen MR) is 68.7 cm³/mol. The highest BCUT2D eigenvalue weighted by Crippen LogP contribution is 2.14. The van der Waals surface area contributed by atoms with Gasteiger partial charge in [0.05, 0.1) is 0 Å². The highest BCUT2D eigenvalue weighted by molar-refractivity contribution is 5.29. The molecule has 1 aliphatic rings. The lowest BCUT2D eigenvalue weighted by Gasteiger charge is -2.23. The third-order valence-corrected chi connectivity index (χ3v) is 3.66. The summed E-state index contributed by atoms with van der Waals surface area (Å²) in [5.74, 6) is 0. The van der Waals surface area contributed by atoms with E-state index in [1.807, 2.05) is 0 Å². The monoisotopic (exact) mass is 218 g/mol. The van der Waals surface area contributed by atoms with Crippen molar-refractivity contribution in [3.63, 3.8) is 0 Å². The second kappa shape index (κ2) is 4.98. The summed E-state index contributed by atoms with van der Waals surface area (Å²) in [5, 5.41) is 3.42. The van der Waals surface area contributed by atoms with Crippen molar-refractivity contribution in [1.29, 1.82) is 0 Å². The van der Waals surface area contributed by atoms with Crippen molar-refractivity contribution >= 4 is 0 Å². The summed E-state index contributed by atoms with van der Waals surface area (Å²) < 4.78 is 0. The molecule has 2 rings (SSSR count). The summed E-state index contributed by atoms with van der Waals surface area (Å²) >= 11 is 0. The summed E-state index contributed by atoms with van der Waals surface area (Å²) in [6, 6.07) is 7.50. The number of hydrogen-bond donors (Lipinski definition) is 1. The van der Waals surface area contributed by atoms with Gasteiger partial charge in [-0.2, -0.15) is 0 Å². The lowest BCUT2D eigenvalue weighted by atomic mass is 10.1. The molecule has 0 bridgehead atoms. The van der Waals surface area contributed by atoms with E-state index in [4.69, 9.17) is 0 Å². The molecule has 1 N–H and O–H groups in total. The van der Waals surface area contributed by atoms with E-state index in [2.05, 4.69) is 49.3 Å². The smallest absolute Gasteiger partial charge is 0.0234 e. The zero-order valence-corrected chi connectivity index (χ0v) is 10.6. The molecule has 1 fully saturated rings. The Morgan fingerprint density at radius 2 is 2.12 bits per heavy atom. The van der Waals surface area contributed by atoms with Gasteiger partial charge in [-0.3, -0.25) is 4.90 Å². The van der Waals surface area contributed by atoms with Gasteiger partial charge in [0.1, 0.15) is 0 Å². The molecule has 1 aromatic carbocycles. The molecule has 1 unspecified atom stereocenters. The molecular weight excluding hydrogens is 196 g/mol. The molecule has 1 atom stereocenters. The van der Waals surface area contributed by atoms with E-state index >= 15 is 0 Å². The summed E-state index contributed by atoms with van der Waals surface area (Å²) in [5.41, 5.74) is 4.21. The number of hydrogen-bond acceptors (Lipinski definition) is 2. The maximum Gasteiger partial charge on any atom is 0.0234 e. The second-order valence-corrected chi connectivity index (χ2v) is 4.98. The van der Waals surface area contributed by atoms with Crippen molar-refractivity contribution < 1.29 is 0 Å². The molecule has 0 saturated carbocycles. The number of benzene rings is 1. The molecule has 0 aromatic heterocycles. The van der Waals surface area contributed by atoms with Crippen molar-refractivity contribution in [1.82, 2.24) is 10.2 Å². The minimum Gasteiger partial charge on any atom is -0.315 e. The van der Waals surface area contributed by atoms with Gasteiger partial charge in [0.15, 0.2) is 0 Å². The molecule has 0 aliphatic carbocycles. The molecule has 1 saturated heterocycles. The van der Waals surface area contributed by atoms with Crippen molar-refractivity contribution in [2.24, 2.45) is 0 Å². The predicted octanol–water partition coefficient (Wildman–Crippen LogP) is 2.10. The third-order valence-electron chi connectivity index (χ3n) is 3.66. The van der Waals surface area contributed by atoms with E-state index in [1.54, 1.807) is 0 Å². The van der Waals surface area contributed by atoms with E-state index in [9.17, 15) is 0 Å². The summed E-state index contributed by atoms with van der Waals surface area (Å²) in [6.07, 6.45) is 1.28. The average Bonchev–Trinajstić information content (AvgIpc) is 2.77. The van der Waals surface area contributed by atoms with Gasteiger partial charge in [0.2, 0.25) is 0 Å². The van der Waals surface area contributed by atoms with E-state index in [-0.39, 0.29) is 0 Å². The van der Waals surface area contributed by atoms with Crippen LogP contribution in [-0.4, -0.2) is 31.1 Å². The van der Waals surface area contributed by atoms with E-state index < -0.39 is 0 Å². The van der Waals surface area contributed by atoms with Crippen LogP contribution in [0.3, 0.4) is 0 Å². The Balaban J connectivity index is 1.99. The van der Waals surface area contributed by atoms with E-state index in [1.165, 1.54) is 29.7 Å². The molecule has 2 heteroatoms. The Bertz CT molecular complexity index is 354. The lowest BCUT2D eigenvalue weighted by Crippen LogP contribution is -2.32. The standard InChI is InChI=1S/C14H22N2/c1-11-4-5-13(8-12(11)2)10-16(3)14-6-7-15-9-14/h4-5,8,14-15H,6-7,9-10H2,1-3H3. The maximum absolute atomic E-state index is 3.42. The Morgan fingerprint density at radius 3 is 2.75 bits per heavy atom. The SMILES string of the molecule is Cc1ccc(CN(C)C2CCNC2)cc1C. The first kappa shape index (κ1) is 11.6. The van der Waals surface area contributed by atoms with Crippen molar-refractivity contribution in [3.05, 3.63) is 34.9 Å². The Kier molecular flexibility index (Phi) is 3.62.